The first kappa shape index (κ1) is 17.7. The molecule has 5 heteroatoms. The van der Waals surface area contributed by atoms with E-state index in [1.165, 1.54) is 0 Å². The van der Waals surface area contributed by atoms with Gasteiger partial charge in [-0.25, -0.2) is 4.79 Å². The molecule has 5 nitrogen and oxygen atoms in total. The van der Waals surface area contributed by atoms with Crippen LogP contribution in [0.25, 0.3) is 0 Å². The van der Waals surface area contributed by atoms with Crippen LogP contribution in [0.3, 0.4) is 0 Å². The number of rotatable bonds is 7. The largest absolute Gasteiger partial charge is 0.497 e. The van der Waals surface area contributed by atoms with Gasteiger partial charge in [0.05, 0.1) is 13.7 Å². The van der Waals surface area contributed by atoms with Crippen LogP contribution >= 0.6 is 0 Å². The molecule has 0 aliphatic rings. The molecular formula is C19H24N2O3. The van der Waals surface area contributed by atoms with Gasteiger partial charge in [0.15, 0.2) is 0 Å². The summed E-state index contributed by atoms with van der Waals surface area (Å²) in [6.07, 6.45) is 0. The number of methoxy groups -OCH3 is 1. The number of amides is 2. The highest BCUT2D eigenvalue weighted by atomic mass is 16.5. The Morgan fingerprint density at radius 3 is 2.62 bits per heavy atom. The van der Waals surface area contributed by atoms with Crippen molar-refractivity contribution in [1.82, 2.24) is 10.2 Å². The molecular weight excluding hydrogens is 304 g/mol. The second-order valence-corrected chi connectivity index (χ2v) is 5.60. The molecule has 0 aromatic heterocycles. The molecule has 128 valence electrons. The third-order valence-electron chi connectivity index (χ3n) is 3.54. The fourth-order valence-corrected chi connectivity index (χ4v) is 2.28. The number of nitrogens with one attached hydrogen (secondary N) is 1. The fraction of sp³-hybridized carbons (Fsp3) is 0.316. The highest BCUT2D eigenvalue weighted by Gasteiger charge is 2.09. The lowest BCUT2D eigenvalue weighted by molar-refractivity contribution is 0.203. The summed E-state index contributed by atoms with van der Waals surface area (Å²) in [6, 6.07) is 15.4. The van der Waals surface area contributed by atoms with Crippen molar-refractivity contribution < 1.29 is 14.3 Å². The van der Waals surface area contributed by atoms with Gasteiger partial charge in [0, 0.05) is 13.6 Å². The minimum absolute atomic E-state index is 0.134. The molecule has 0 saturated heterocycles. The third-order valence-corrected chi connectivity index (χ3v) is 3.54. The number of carbonyl (C=O) groups excluding carboxylic acids is 1. The smallest absolute Gasteiger partial charge is 0.317 e. The average molecular weight is 328 g/mol. The third kappa shape index (κ3) is 5.50. The summed E-state index contributed by atoms with van der Waals surface area (Å²) >= 11 is 0. The number of carbonyl (C=O) groups is 1. The van der Waals surface area contributed by atoms with Gasteiger partial charge >= 0.3 is 6.03 Å². The van der Waals surface area contributed by atoms with Crippen LogP contribution in [-0.2, 0) is 6.54 Å². The summed E-state index contributed by atoms with van der Waals surface area (Å²) in [4.78, 5) is 13.7. The highest BCUT2D eigenvalue weighted by Crippen LogP contribution is 2.14. The number of benzene rings is 2. The van der Waals surface area contributed by atoms with Gasteiger partial charge in [0.1, 0.15) is 18.1 Å². The molecule has 0 atom stereocenters. The van der Waals surface area contributed by atoms with Gasteiger partial charge in [-0.2, -0.15) is 0 Å². The van der Waals surface area contributed by atoms with Crippen LogP contribution in [0, 0.1) is 6.92 Å². The second-order valence-electron chi connectivity index (χ2n) is 5.60. The Bertz CT molecular complexity index is 673. The monoisotopic (exact) mass is 328 g/mol. The Hall–Kier alpha value is -2.69. The Morgan fingerprint density at radius 1 is 1.12 bits per heavy atom. The zero-order chi connectivity index (χ0) is 17.4. The van der Waals surface area contributed by atoms with Gasteiger partial charge in [-0.15, -0.1) is 0 Å². The summed E-state index contributed by atoms with van der Waals surface area (Å²) in [5, 5.41) is 2.85. The van der Waals surface area contributed by atoms with Gasteiger partial charge in [-0.3, -0.25) is 0 Å². The van der Waals surface area contributed by atoms with Crippen LogP contribution < -0.4 is 14.8 Å². The van der Waals surface area contributed by atoms with Crippen molar-refractivity contribution in [2.45, 2.75) is 13.5 Å². The zero-order valence-corrected chi connectivity index (χ0v) is 14.4. The van der Waals surface area contributed by atoms with E-state index in [0.29, 0.717) is 19.7 Å². The lowest BCUT2D eigenvalue weighted by Gasteiger charge is -2.18. The topological polar surface area (TPSA) is 50.8 Å². The molecule has 2 rings (SSSR count). The van der Waals surface area contributed by atoms with Crippen LogP contribution in [0.4, 0.5) is 4.79 Å². The summed E-state index contributed by atoms with van der Waals surface area (Å²) < 4.78 is 10.8. The van der Waals surface area contributed by atoms with Gasteiger partial charge in [0.25, 0.3) is 0 Å². The average Bonchev–Trinajstić information content (AvgIpc) is 2.58. The van der Waals surface area contributed by atoms with E-state index < -0.39 is 0 Å². The van der Waals surface area contributed by atoms with Crippen LogP contribution in [0.5, 0.6) is 11.5 Å². The van der Waals surface area contributed by atoms with E-state index in [1.807, 2.05) is 55.5 Å². The first-order chi connectivity index (χ1) is 11.6. The molecule has 0 bridgehead atoms. The maximum Gasteiger partial charge on any atom is 0.317 e. The predicted octanol–water partition coefficient (Wildman–Crippen LogP) is 3.22. The minimum Gasteiger partial charge on any atom is -0.497 e. The van der Waals surface area contributed by atoms with Crippen LogP contribution in [0.1, 0.15) is 11.1 Å². The van der Waals surface area contributed by atoms with Gasteiger partial charge < -0.3 is 19.7 Å². The molecule has 2 amide bonds. The van der Waals surface area contributed by atoms with E-state index in [0.717, 1.165) is 22.6 Å². The summed E-state index contributed by atoms with van der Waals surface area (Å²) in [6.45, 7) is 3.42. The standard InChI is InChI=1S/C19H24N2O3/c1-15-6-4-9-18(12-15)24-11-10-20-19(22)21(2)14-16-7-5-8-17(13-16)23-3/h4-9,12-13H,10-11,14H2,1-3H3,(H,20,22). The number of urea groups is 1. The van der Waals surface area contributed by atoms with Crippen molar-refractivity contribution in [3.05, 3.63) is 59.7 Å². The zero-order valence-electron chi connectivity index (χ0n) is 14.4. The molecule has 0 aliphatic heterocycles. The summed E-state index contributed by atoms with van der Waals surface area (Å²) in [5.74, 6) is 1.60. The Balaban J connectivity index is 1.73. The first-order valence-corrected chi connectivity index (χ1v) is 7.90. The molecule has 2 aromatic rings. The number of aryl methyl sites for hydroxylation is 1. The molecule has 0 fully saturated rings. The Labute approximate surface area is 143 Å². The highest BCUT2D eigenvalue weighted by molar-refractivity contribution is 5.73. The molecule has 2 aromatic carbocycles. The van der Waals surface area contributed by atoms with Crippen molar-refractivity contribution in [3.8, 4) is 11.5 Å². The van der Waals surface area contributed by atoms with E-state index in [2.05, 4.69) is 5.32 Å². The number of hydrogen-bond donors (Lipinski definition) is 1. The molecule has 0 radical (unpaired) electrons. The fourth-order valence-electron chi connectivity index (χ4n) is 2.28. The Kier molecular flexibility index (Phi) is 6.49. The van der Waals surface area contributed by atoms with E-state index in [9.17, 15) is 4.79 Å². The lowest BCUT2D eigenvalue weighted by atomic mass is 10.2. The minimum atomic E-state index is -0.134. The molecule has 0 aliphatic carbocycles. The summed E-state index contributed by atoms with van der Waals surface area (Å²) in [7, 11) is 3.39. The Morgan fingerprint density at radius 2 is 1.88 bits per heavy atom. The van der Waals surface area contributed by atoms with Gasteiger partial charge in [0.2, 0.25) is 0 Å². The second kappa shape index (κ2) is 8.82. The maximum atomic E-state index is 12.1. The van der Waals surface area contributed by atoms with Crippen LogP contribution in [0.2, 0.25) is 0 Å². The molecule has 0 unspecified atom stereocenters. The van der Waals surface area contributed by atoms with Crippen molar-refractivity contribution in [2.75, 3.05) is 27.3 Å². The van der Waals surface area contributed by atoms with E-state index >= 15 is 0 Å². The van der Waals surface area contributed by atoms with Gasteiger partial charge in [-0.1, -0.05) is 24.3 Å². The van der Waals surface area contributed by atoms with Crippen LogP contribution in [0.15, 0.2) is 48.5 Å². The van der Waals surface area contributed by atoms with Crippen LogP contribution in [-0.4, -0.2) is 38.2 Å². The van der Waals surface area contributed by atoms with Crippen molar-refractivity contribution >= 4 is 6.03 Å². The van der Waals surface area contributed by atoms with Crippen molar-refractivity contribution in [1.29, 1.82) is 0 Å². The maximum absolute atomic E-state index is 12.1. The van der Waals surface area contributed by atoms with E-state index in [-0.39, 0.29) is 6.03 Å². The quantitative estimate of drug-likeness (QED) is 0.794. The number of nitrogens with zero attached hydrogens (tertiary/aromatic N) is 1. The molecule has 0 saturated carbocycles. The predicted molar refractivity (Wildman–Crippen MR) is 94.5 cm³/mol. The van der Waals surface area contributed by atoms with Gasteiger partial charge in [-0.05, 0) is 42.3 Å². The van der Waals surface area contributed by atoms with Crippen molar-refractivity contribution in [3.63, 3.8) is 0 Å². The van der Waals surface area contributed by atoms with Crippen molar-refractivity contribution in [2.24, 2.45) is 0 Å². The molecule has 1 N–H and O–H groups in total. The number of ether oxygens (including phenoxy) is 2. The summed E-state index contributed by atoms with van der Waals surface area (Å²) in [5.41, 5.74) is 2.16. The molecule has 0 spiro atoms. The SMILES string of the molecule is COc1cccc(CN(C)C(=O)NCCOc2cccc(C)c2)c1. The van der Waals surface area contributed by atoms with E-state index in [4.69, 9.17) is 9.47 Å². The molecule has 24 heavy (non-hydrogen) atoms. The normalized spacial score (nSPS) is 10.1. The lowest BCUT2D eigenvalue weighted by Crippen LogP contribution is -2.38. The first-order valence-electron chi connectivity index (χ1n) is 7.90. The molecule has 0 heterocycles. The number of hydrogen-bond acceptors (Lipinski definition) is 3. The van der Waals surface area contributed by atoms with E-state index in [1.54, 1.807) is 19.1 Å².